The Morgan fingerprint density at radius 2 is 2.26 bits per heavy atom. The number of ether oxygens (including phenoxy) is 1. The molecule has 0 unspecified atom stereocenters. The van der Waals surface area contributed by atoms with Crippen LogP contribution in [0.2, 0.25) is 5.02 Å². The first-order valence-electron chi connectivity index (χ1n) is 6.31. The summed E-state index contributed by atoms with van der Waals surface area (Å²) >= 11 is 6.02. The first-order valence-corrected chi connectivity index (χ1v) is 6.69. The van der Waals surface area contributed by atoms with Crippen molar-refractivity contribution in [1.29, 1.82) is 0 Å². The highest BCUT2D eigenvalue weighted by Gasteiger charge is 2.06. The fraction of sp³-hybridized carbons (Fsp3) is 0.357. The first kappa shape index (κ1) is 13.9. The maximum absolute atomic E-state index is 6.02. The minimum Gasteiger partial charge on any atom is -0.485 e. The van der Waals surface area contributed by atoms with Crippen LogP contribution in [0.25, 0.3) is 0 Å². The molecule has 0 saturated heterocycles. The molecular formula is C14H17ClN2O2. The van der Waals surface area contributed by atoms with Gasteiger partial charge in [0.25, 0.3) is 0 Å². The minimum atomic E-state index is 0.364. The number of hydrogen-bond acceptors (Lipinski definition) is 4. The topological polar surface area (TPSA) is 47.3 Å². The molecule has 19 heavy (non-hydrogen) atoms. The van der Waals surface area contributed by atoms with Crippen LogP contribution in [0.3, 0.4) is 0 Å². The van der Waals surface area contributed by atoms with E-state index in [1.807, 2.05) is 18.2 Å². The van der Waals surface area contributed by atoms with Crippen molar-refractivity contribution in [2.75, 3.05) is 6.54 Å². The van der Waals surface area contributed by atoms with Crippen LogP contribution in [0, 0.1) is 0 Å². The van der Waals surface area contributed by atoms with Crippen LogP contribution >= 0.6 is 11.6 Å². The van der Waals surface area contributed by atoms with Crippen LogP contribution in [-0.2, 0) is 13.2 Å². The van der Waals surface area contributed by atoms with Crippen molar-refractivity contribution in [2.45, 2.75) is 26.5 Å². The molecule has 1 N–H and O–H groups in total. The predicted octanol–water partition coefficient (Wildman–Crippen LogP) is 3.41. The Hall–Kier alpha value is -1.52. The van der Waals surface area contributed by atoms with Gasteiger partial charge in [-0.25, -0.2) is 0 Å². The molecule has 4 nitrogen and oxygen atoms in total. The van der Waals surface area contributed by atoms with Crippen molar-refractivity contribution < 1.29 is 9.26 Å². The number of nitrogens with zero attached hydrogens (tertiary/aromatic N) is 1. The summed E-state index contributed by atoms with van der Waals surface area (Å²) in [5.41, 5.74) is 1.04. The third-order valence-corrected chi connectivity index (χ3v) is 2.86. The molecule has 0 aliphatic rings. The molecule has 0 spiro atoms. The van der Waals surface area contributed by atoms with Crippen molar-refractivity contribution in [3.8, 4) is 5.75 Å². The van der Waals surface area contributed by atoms with Gasteiger partial charge in [0.2, 0.25) is 0 Å². The summed E-state index contributed by atoms with van der Waals surface area (Å²) in [4.78, 5) is 0. The quantitative estimate of drug-likeness (QED) is 0.790. The molecule has 1 aromatic carbocycles. The van der Waals surface area contributed by atoms with Gasteiger partial charge < -0.3 is 14.6 Å². The Bertz CT molecular complexity index is 500. The van der Waals surface area contributed by atoms with Gasteiger partial charge in [-0.1, -0.05) is 23.7 Å². The Kier molecular flexibility index (Phi) is 5.24. The molecule has 0 aliphatic carbocycles. The summed E-state index contributed by atoms with van der Waals surface area (Å²) < 4.78 is 10.7. The van der Waals surface area contributed by atoms with Gasteiger partial charge in [-0.05, 0) is 31.2 Å². The van der Waals surface area contributed by atoms with Crippen LogP contribution in [0.5, 0.6) is 5.75 Å². The molecule has 0 amide bonds. The second-order valence-corrected chi connectivity index (χ2v) is 4.63. The maximum atomic E-state index is 6.02. The smallest absolute Gasteiger partial charge is 0.174 e. The van der Waals surface area contributed by atoms with Crippen LogP contribution in [-0.4, -0.2) is 11.7 Å². The van der Waals surface area contributed by atoms with Crippen LogP contribution < -0.4 is 10.1 Å². The third-order valence-electron chi connectivity index (χ3n) is 2.63. The number of rotatable bonds is 7. The molecule has 0 fully saturated rings. The zero-order valence-electron chi connectivity index (χ0n) is 10.9. The molecule has 0 saturated carbocycles. The van der Waals surface area contributed by atoms with E-state index in [2.05, 4.69) is 17.4 Å². The van der Waals surface area contributed by atoms with Crippen molar-refractivity contribution in [3.63, 3.8) is 0 Å². The van der Waals surface area contributed by atoms with E-state index in [4.69, 9.17) is 20.9 Å². The second-order valence-electron chi connectivity index (χ2n) is 4.20. The van der Waals surface area contributed by atoms with Gasteiger partial charge in [0, 0.05) is 23.2 Å². The predicted molar refractivity (Wildman–Crippen MR) is 74.3 cm³/mol. The number of aromatic nitrogens is 1. The third kappa shape index (κ3) is 4.26. The highest BCUT2D eigenvalue weighted by Crippen LogP contribution is 2.23. The van der Waals surface area contributed by atoms with E-state index in [1.54, 1.807) is 12.3 Å². The Balaban J connectivity index is 2.01. The summed E-state index contributed by atoms with van der Waals surface area (Å²) in [6.07, 6.45) is 2.69. The fourth-order valence-electron chi connectivity index (χ4n) is 1.69. The van der Waals surface area contributed by atoms with Gasteiger partial charge in [0.05, 0.1) is 6.20 Å². The maximum Gasteiger partial charge on any atom is 0.174 e. The molecule has 102 valence electrons. The Morgan fingerprint density at radius 1 is 1.37 bits per heavy atom. The number of hydrogen-bond donors (Lipinski definition) is 1. The molecule has 0 aliphatic heterocycles. The summed E-state index contributed by atoms with van der Waals surface area (Å²) in [6.45, 7) is 4.20. The normalized spacial score (nSPS) is 10.6. The average Bonchev–Trinajstić information content (AvgIpc) is 2.91. The lowest BCUT2D eigenvalue weighted by Crippen LogP contribution is -2.14. The highest BCUT2D eigenvalue weighted by atomic mass is 35.5. The van der Waals surface area contributed by atoms with E-state index in [0.29, 0.717) is 17.4 Å². The zero-order chi connectivity index (χ0) is 13.5. The molecule has 2 rings (SSSR count). The van der Waals surface area contributed by atoms with Gasteiger partial charge in [-0.15, -0.1) is 0 Å². The summed E-state index contributed by atoms with van der Waals surface area (Å²) in [5, 5.41) is 7.69. The van der Waals surface area contributed by atoms with Crippen LogP contribution in [0.1, 0.15) is 24.7 Å². The molecular weight excluding hydrogens is 264 g/mol. The number of nitrogens with one attached hydrogen (secondary N) is 1. The summed E-state index contributed by atoms with van der Waals surface area (Å²) in [5.74, 6) is 1.51. The average molecular weight is 281 g/mol. The summed E-state index contributed by atoms with van der Waals surface area (Å²) in [6, 6.07) is 7.40. The Morgan fingerprint density at radius 3 is 3.00 bits per heavy atom. The highest BCUT2D eigenvalue weighted by molar-refractivity contribution is 6.30. The number of halogens is 1. The van der Waals surface area contributed by atoms with Crippen molar-refractivity contribution >= 4 is 11.6 Å². The standard InChI is InChI=1S/C14H17ClN2O2/c1-2-6-16-9-11-8-12(15)3-4-14(11)18-10-13-5-7-17-19-13/h3-5,7-8,16H,2,6,9-10H2,1H3. The zero-order valence-corrected chi connectivity index (χ0v) is 11.6. The second kappa shape index (κ2) is 7.16. The summed E-state index contributed by atoms with van der Waals surface area (Å²) in [7, 11) is 0. The van der Waals surface area contributed by atoms with Crippen molar-refractivity contribution in [2.24, 2.45) is 0 Å². The Labute approximate surface area is 117 Å². The van der Waals surface area contributed by atoms with Gasteiger partial charge in [-0.3, -0.25) is 0 Å². The lowest BCUT2D eigenvalue weighted by atomic mass is 10.2. The molecule has 1 aromatic heterocycles. The van der Waals surface area contributed by atoms with Gasteiger partial charge >= 0.3 is 0 Å². The van der Waals surface area contributed by atoms with Crippen LogP contribution in [0.15, 0.2) is 35.0 Å². The van der Waals surface area contributed by atoms with E-state index in [1.165, 1.54) is 0 Å². The van der Waals surface area contributed by atoms with Gasteiger partial charge in [0.1, 0.15) is 12.4 Å². The van der Waals surface area contributed by atoms with E-state index in [9.17, 15) is 0 Å². The molecule has 0 radical (unpaired) electrons. The van der Waals surface area contributed by atoms with Crippen LogP contribution in [0.4, 0.5) is 0 Å². The van der Waals surface area contributed by atoms with E-state index >= 15 is 0 Å². The SMILES string of the molecule is CCCNCc1cc(Cl)ccc1OCc1ccno1. The molecule has 2 aromatic rings. The lowest BCUT2D eigenvalue weighted by molar-refractivity contribution is 0.247. The van der Waals surface area contributed by atoms with Gasteiger partial charge in [0.15, 0.2) is 5.76 Å². The largest absolute Gasteiger partial charge is 0.485 e. The van der Waals surface area contributed by atoms with Crippen molar-refractivity contribution in [3.05, 3.63) is 46.8 Å². The molecule has 0 atom stereocenters. The number of benzene rings is 1. The monoisotopic (exact) mass is 280 g/mol. The van der Waals surface area contributed by atoms with E-state index in [0.717, 1.165) is 30.8 Å². The molecule has 0 bridgehead atoms. The van der Waals surface area contributed by atoms with Crippen molar-refractivity contribution in [1.82, 2.24) is 10.5 Å². The van der Waals surface area contributed by atoms with E-state index in [-0.39, 0.29) is 0 Å². The van der Waals surface area contributed by atoms with E-state index < -0.39 is 0 Å². The fourth-order valence-corrected chi connectivity index (χ4v) is 1.89. The molecule has 1 heterocycles. The first-order chi connectivity index (χ1) is 9.29. The van der Waals surface area contributed by atoms with Gasteiger partial charge in [-0.2, -0.15) is 0 Å². The minimum absolute atomic E-state index is 0.364. The molecule has 5 heteroatoms. The lowest BCUT2D eigenvalue weighted by Gasteiger charge is -2.11.